The van der Waals surface area contributed by atoms with Crippen LogP contribution in [0.2, 0.25) is 0 Å². The first-order chi connectivity index (χ1) is 14.2. The van der Waals surface area contributed by atoms with Gasteiger partial charge in [-0.2, -0.15) is 5.10 Å². The number of rotatable bonds is 5. The minimum absolute atomic E-state index is 0.0814. The zero-order valence-electron chi connectivity index (χ0n) is 16.7. The van der Waals surface area contributed by atoms with Crippen molar-refractivity contribution in [2.24, 2.45) is 0 Å². The van der Waals surface area contributed by atoms with Crippen molar-refractivity contribution in [2.75, 3.05) is 37.0 Å². The molecule has 4 rings (SSSR count). The third-order valence-electron chi connectivity index (χ3n) is 5.54. The molecule has 2 N–H and O–H groups in total. The maximum Gasteiger partial charge on any atom is 0.276 e. The van der Waals surface area contributed by atoms with Crippen LogP contribution in [-0.4, -0.2) is 48.3 Å². The zero-order chi connectivity index (χ0) is 20.2. The number of carbonyl (C=O) groups excluding carboxylic acids is 2. The number of hydrogen-bond acceptors (Lipinski definition) is 5. The van der Waals surface area contributed by atoms with E-state index in [0.29, 0.717) is 35.8 Å². The Morgan fingerprint density at radius 3 is 2.93 bits per heavy atom. The minimum Gasteiger partial charge on any atom is -0.495 e. The maximum atomic E-state index is 12.7. The molecule has 0 saturated carbocycles. The second-order valence-electron chi connectivity index (χ2n) is 7.52. The van der Waals surface area contributed by atoms with Gasteiger partial charge in [-0.25, -0.2) is 0 Å². The average molecular weight is 397 g/mol. The van der Waals surface area contributed by atoms with Crippen molar-refractivity contribution in [3.05, 3.63) is 36.2 Å². The molecule has 3 heterocycles. The number of carbonyl (C=O) groups is 2. The van der Waals surface area contributed by atoms with Crippen molar-refractivity contribution in [3.8, 4) is 5.75 Å². The van der Waals surface area contributed by atoms with Crippen LogP contribution in [0.3, 0.4) is 0 Å². The molecule has 0 spiro atoms. The highest BCUT2D eigenvalue weighted by molar-refractivity contribution is 6.03. The first-order valence-electron chi connectivity index (χ1n) is 10.2. The molecule has 2 saturated heterocycles. The van der Waals surface area contributed by atoms with Gasteiger partial charge in [-0.3, -0.25) is 14.3 Å². The highest BCUT2D eigenvalue weighted by Crippen LogP contribution is 2.33. The van der Waals surface area contributed by atoms with Crippen LogP contribution in [0.5, 0.6) is 5.75 Å². The molecule has 154 valence electrons. The number of piperidine rings is 2. The number of ether oxygens (including phenoxy) is 1. The summed E-state index contributed by atoms with van der Waals surface area (Å²) in [4.78, 5) is 26.8. The standard InChI is InChI=1S/C21H27N5O3/c1-29-19-8-7-15(13-18(19)25-11-3-2-6-20(25)27)23-21(28)17-9-12-26(24-17)16-5-4-10-22-14-16/h7-9,12-13,16,22H,2-6,10-11,14H2,1H3,(H,23,28). The second-order valence-corrected chi connectivity index (χ2v) is 7.52. The van der Waals surface area contributed by atoms with Crippen LogP contribution in [-0.2, 0) is 4.79 Å². The van der Waals surface area contributed by atoms with E-state index in [1.165, 1.54) is 0 Å². The lowest BCUT2D eigenvalue weighted by Gasteiger charge is -2.28. The lowest BCUT2D eigenvalue weighted by atomic mass is 10.1. The molecule has 2 aromatic rings. The van der Waals surface area contributed by atoms with Gasteiger partial charge in [0, 0.05) is 31.4 Å². The van der Waals surface area contributed by atoms with Gasteiger partial charge < -0.3 is 20.3 Å². The molecule has 1 aromatic carbocycles. The first-order valence-corrected chi connectivity index (χ1v) is 10.2. The first kappa shape index (κ1) is 19.4. The van der Waals surface area contributed by atoms with E-state index in [9.17, 15) is 9.59 Å². The number of benzene rings is 1. The third kappa shape index (κ3) is 4.27. The van der Waals surface area contributed by atoms with Gasteiger partial charge in [0.15, 0.2) is 5.69 Å². The number of nitrogens with one attached hydrogen (secondary N) is 2. The molecule has 0 bridgehead atoms. The van der Waals surface area contributed by atoms with Gasteiger partial charge in [0.25, 0.3) is 5.91 Å². The van der Waals surface area contributed by atoms with E-state index in [4.69, 9.17) is 4.74 Å². The monoisotopic (exact) mass is 397 g/mol. The molecule has 29 heavy (non-hydrogen) atoms. The Balaban J connectivity index is 1.50. The summed E-state index contributed by atoms with van der Waals surface area (Å²) >= 11 is 0. The van der Waals surface area contributed by atoms with Crippen molar-refractivity contribution >= 4 is 23.2 Å². The van der Waals surface area contributed by atoms with E-state index >= 15 is 0 Å². The summed E-state index contributed by atoms with van der Waals surface area (Å²) in [5.74, 6) is 0.429. The summed E-state index contributed by atoms with van der Waals surface area (Å²) in [6.07, 6.45) is 6.43. The predicted octanol–water partition coefficient (Wildman–Crippen LogP) is 2.59. The molecule has 8 nitrogen and oxygen atoms in total. The number of aromatic nitrogens is 2. The fraction of sp³-hybridized carbons (Fsp3) is 0.476. The number of amides is 2. The van der Waals surface area contributed by atoms with Crippen molar-refractivity contribution in [1.82, 2.24) is 15.1 Å². The molecule has 8 heteroatoms. The zero-order valence-corrected chi connectivity index (χ0v) is 16.7. The molecule has 0 aliphatic carbocycles. The van der Waals surface area contributed by atoms with Gasteiger partial charge in [0.05, 0.1) is 18.8 Å². The highest BCUT2D eigenvalue weighted by atomic mass is 16.5. The fourth-order valence-electron chi connectivity index (χ4n) is 3.96. The van der Waals surface area contributed by atoms with Crippen LogP contribution in [0.1, 0.15) is 48.6 Å². The van der Waals surface area contributed by atoms with Crippen LogP contribution in [0.25, 0.3) is 0 Å². The minimum atomic E-state index is -0.270. The predicted molar refractivity (Wildman–Crippen MR) is 111 cm³/mol. The van der Waals surface area contributed by atoms with Crippen molar-refractivity contribution < 1.29 is 14.3 Å². The van der Waals surface area contributed by atoms with Crippen LogP contribution < -0.4 is 20.3 Å². The van der Waals surface area contributed by atoms with Crippen LogP contribution in [0, 0.1) is 0 Å². The highest BCUT2D eigenvalue weighted by Gasteiger charge is 2.23. The second kappa shape index (κ2) is 8.65. The summed E-state index contributed by atoms with van der Waals surface area (Å²) in [5, 5.41) is 10.7. The van der Waals surface area contributed by atoms with E-state index < -0.39 is 0 Å². The molecular weight excluding hydrogens is 370 g/mol. The Hall–Kier alpha value is -2.87. The third-order valence-corrected chi connectivity index (χ3v) is 5.54. The topological polar surface area (TPSA) is 88.5 Å². The van der Waals surface area contributed by atoms with Crippen LogP contribution >= 0.6 is 0 Å². The Kier molecular flexibility index (Phi) is 5.80. The van der Waals surface area contributed by atoms with Crippen molar-refractivity contribution in [1.29, 1.82) is 0 Å². The normalized spacial score (nSPS) is 19.8. The molecule has 1 unspecified atom stereocenters. The van der Waals surface area contributed by atoms with Gasteiger partial charge in [0.1, 0.15) is 5.75 Å². The summed E-state index contributed by atoms with van der Waals surface area (Å²) in [6, 6.07) is 7.36. The fourth-order valence-corrected chi connectivity index (χ4v) is 3.96. The van der Waals surface area contributed by atoms with Crippen molar-refractivity contribution in [2.45, 2.75) is 38.1 Å². The Labute approximate surface area is 170 Å². The van der Waals surface area contributed by atoms with E-state index in [1.54, 1.807) is 36.3 Å². The molecule has 1 aromatic heterocycles. The van der Waals surface area contributed by atoms with Crippen LogP contribution in [0.15, 0.2) is 30.5 Å². The van der Waals surface area contributed by atoms with E-state index in [-0.39, 0.29) is 17.9 Å². The number of anilines is 2. The molecule has 2 fully saturated rings. The van der Waals surface area contributed by atoms with Gasteiger partial charge in [-0.1, -0.05) is 0 Å². The Bertz CT molecular complexity index is 888. The Morgan fingerprint density at radius 1 is 1.28 bits per heavy atom. The van der Waals surface area contributed by atoms with Gasteiger partial charge in [-0.15, -0.1) is 0 Å². The molecule has 1 atom stereocenters. The summed E-state index contributed by atoms with van der Waals surface area (Å²) in [7, 11) is 1.58. The number of nitrogens with zero attached hydrogens (tertiary/aromatic N) is 3. The molecule has 2 aliphatic rings. The molecular formula is C21H27N5O3. The van der Waals surface area contributed by atoms with Crippen LogP contribution in [0.4, 0.5) is 11.4 Å². The molecule has 0 radical (unpaired) electrons. The Morgan fingerprint density at radius 2 is 2.17 bits per heavy atom. The van der Waals surface area contributed by atoms with E-state index in [0.717, 1.165) is 38.8 Å². The average Bonchev–Trinajstić information content (AvgIpc) is 3.25. The smallest absolute Gasteiger partial charge is 0.276 e. The number of methoxy groups -OCH3 is 1. The summed E-state index contributed by atoms with van der Waals surface area (Å²) < 4.78 is 7.30. The van der Waals surface area contributed by atoms with Gasteiger partial charge in [0.2, 0.25) is 5.91 Å². The van der Waals surface area contributed by atoms with Gasteiger partial charge >= 0.3 is 0 Å². The largest absolute Gasteiger partial charge is 0.495 e. The molecule has 2 amide bonds. The van der Waals surface area contributed by atoms with E-state index in [1.807, 2.05) is 10.9 Å². The lowest BCUT2D eigenvalue weighted by molar-refractivity contribution is -0.119. The van der Waals surface area contributed by atoms with E-state index in [2.05, 4.69) is 15.7 Å². The van der Waals surface area contributed by atoms with Crippen molar-refractivity contribution in [3.63, 3.8) is 0 Å². The van der Waals surface area contributed by atoms with Gasteiger partial charge in [-0.05, 0) is 56.5 Å². The summed E-state index contributed by atoms with van der Waals surface area (Å²) in [5.41, 5.74) is 1.67. The maximum absolute atomic E-state index is 12.7. The number of hydrogen-bond donors (Lipinski definition) is 2. The quantitative estimate of drug-likeness (QED) is 0.810. The summed E-state index contributed by atoms with van der Waals surface area (Å²) in [6.45, 7) is 2.56. The SMILES string of the molecule is COc1ccc(NC(=O)c2ccn(C3CCCNC3)n2)cc1N1CCCCC1=O. The lowest BCUT2D eigenvalue weighted by Crippen LogP contribution is -2.35. The molecule has 2 aliphatic heterocycles.